The number of piperidine rings is 1. The number of amides is 1. The van der Waals surface area contributed by atoms with Crippen molar-refractivity contribution in [3.8, 4) is 0 Å². The van der Waals surface area contributed by atoms with E-state index in [1.54, 1.807) is 18.0 Å². The monoisotopic (exact) mass is 237 g/mol. The third-order valence-corrected chi connectivity index (χ3v) is 3.09. The molecule has 2 rings (SSSR count). The van der Waals surface area contributed by atoms with E-state index in [2.05, 4.69) is 10.5 Å². The van der Waals surface area contributed by atoms with Crippen LogP contribution < -0.4 is 5.32 Å². The normalized spacial score (nSPS) is 20.2. The van der Waals surface area contributed by atoms with E-state index in [0.717, 1.165) is 25.2 Å². The number of aryl methyl sites for hydroxylation is 1. The van der Waals surface area contributed by atoms with Crippen LogP contribution in [-0.2, 0) is 0 Å². The minimum atomic E-state index is -0.0991. The van der Waals surface area contributed by atoms with Crippen molar-refractivity contribution < 1.29 is 9.32 Å². The molecule has 94 valence electrons. The standard InChI is InChI=1S/C12H19N3O2/c1-9-7-11(17-14-9)12(16)15(2)8-10-5-3-4-6-13-10/h7,10,13H,3-6,8H2,1-2H3. The van der Waals surface area contributed by atoms with E-state index < -0.39 is 0 Å². The fourth-order valence-electron chi connectivity index (χ4n) is 2.15. The van der Waals surface area contributed by atoms with Crippen LogP contribution in [-0.4, -0.2) is 42.1 Å². The van der Waals surface area contributed by atoms with Crippen LogP contribution in [0.5, 0.6) is 0 Å². The Morgan fingerprint density at radius 3 is 3.06 bits per heavy atom. The molecule has 1 N–H and O–H groups in total. The second kappa shape index (κ2) is 5.31. The number of nitrogens with zero attached hydrogens (tertiary/aromatic N) is 2. The zero-order valence-electron chi connectivity index (χ0n) is 10.4. The molecule has 0 aliphatic carbocycles. The van der Waals surface area contributed by atoms with E-state index in [1.165, 1.54) is 12.8 Å². The molecule has 0 spiro atoms. The molecular formula is C12H19N3O2. The topological polar surface area (TPSA) is 58.4 Å². The van der Waals surface area contributed by atoms with Crippen molar-refractivity contribution in [2.24, 2.45) is 0 Å². The van der Waals surface area contributed by atoms with Gasteiger partial charge in [0.2, 0.25) is 5.76 Å². The third-order valence-electron chi connectivity index (χ3n) is 3.09. The Kier molecular flexibility index (Phi) is 3.78. The molecule has 0 bridgehead atoms. The first-order valence-electron chi connectivity index (χ1n) is 6.09. The van der Waals surface area contributed by atoms with Crippen LogP contribution in [0.4, 0.5) is 0 Å². The molecule has 0 saturated carbocycles. The molecular weight excluding hydrogens is 218 g/mol. The van der Waals surface area contributed by atoms with Gasteiger partial charge in [0.1, 0.15) is 0 Å². The summed E-state index contributed by atoms with van der Waals surface area (Å²) in [6.07, 6.45) is 3.60. The van der Waals surface area contributed by atoms with E-state index in [4.69, 9.17) is 4.52 Å². The number of likely N-dealkylation sites (N-methyl/N-ethyl adjacent to an activating group) is 1. The minimum absolute atomic E-state index is 0.0991. The predicted molar refractivity (Wildman–Crippen MR) is 63.8 cm³/mol. The van der Waals surface area contributed by atoms with Crippen molar-refractivity contribution in [3.05, 3.63) is 17.5 Å². The lowest BCUT2D eigenvalue weighted by molar-refractivity contribution is 0.0734. The van der Waals surface area contributed by atoms with Crippen molar-refractivity contribution in [2.75, 3.05) is 20.1 Å². The van der Waals surface area contributed by atoms with Gasteiger partial charge in [-0.3, -0.25) is 4.79 Å². The highest BCUT2D eigenvalue weighted by molar-refractivity contribution is 5.91. The molecule has 0 aromatic carbocycles. The maximum absolute atomic E-state index is 12.0. The van der Waals surface area contributed by atoms with Crippen molar-refractivity contribution in [1.82, 2.24) is 15.4 Å². The third kappa shape index (κ3) is 3.06. The van der Waals surface area contributed by atoms with Crippen LogP contribution in [0.3, 0.4) is 0 Å². The second-order valence-corrected chi connectivity index (χ2v) is 4.67. The van der Waals surface area contributed by atoms with Gasteiger partial charge in [-0.05, 0) is 26.3 Å². The SMILES string of the molecule is Cc1cc(C(=O)N(C)CC2CCCCN2)on1. The Hall–Kier alpha value is -1.36. The summed E-state index contributed by atoms with van der Waals surface area (Å²) < 4.78 is 4.97. The summed E-state index contributed by atoms with van der Waals surface area (Å²) in [6, 6.07) is 2.08. The molecule has 17 heavy (non-hydrogen) atoms. The van der Waals surface area contributed by atoms with Gasteiger partial charge in [-0.15, -0.1) is 0 Å². The minimum Gasteiger partial charge on any atom is -0.351 e. The van der Waals surface area contributed by atoms with Crippen LogP contribution in [0.1, 0.15) is 35.5 Å². The average molecular weight is 237 g/mol. The van der Waals surface area contributed by atoms with Crippen LogP contribution in [0.15, 0.2) is 10.6 Å². The molecule has 1 aromatic rings. The highest BCUT2D eigenvalue weighted by Gasteiger charge is 2.21. The fraction of sp³-hybridized carbons (Fsp3) is 0.667. The largest absolute Gasteiger partial charge is 0.351 e. The molecule has 5 heteroatoms. The van der Waals surface area contributed by atoms with Gasteiger partial charge in [0.15, 0.2) is 0 Å². The smallest absolute Gasteiger partial charge is 0.292 e. The van der Waals surface area contributed by atoms with Crippen molar-refractivity contribution in [1.29, 1.82) is 0 Å². The summed E-state index contributed by atoms with van der Waals surface area (Å²) >= 11 is 0. The lowest BCUT2D eigenvalue weighted by Gasteiger charge is -2.27. The fourth-order valence-corrected chi connectivity index (χ4v) is 2.15. The molecule has 1 aliphatic rings. The molecule has 1 atom stereocenters. The number of aromatic nitrogens is 1. The first kappa shape index (κ1) is 12.1. The number of hydrogen-bond acceptors (Lipinski definition) is 4. The van der Waals surface area contributed by atoms with Crippen LogP contribution >= 0.6 is 0 Å². The molecule has 1 aliphatic heterocycles. The van der Waals surface area contributed by atoms with Crippen LogP contribution in [0.2, 0.25) is 0 Å². The van der Waals surface area contributed by atoms with Crippen LogP contribution in [0.25, 0.3) is 0 Å². The molecule has 5 nitrogen and oxygen atoms in total. The van der Waals surface area contributed by atoms with Gasteiger partial charge < -0.3 is 14.7 Å². The number of carbonyl (C=O) groups is 1. The average Bonchev–Trinajstić information content (AvgIpc) is 2.76. The molecule has 1 amide bonds. The van der Waals surface area contributed by atoms with Crippen molar-refractivity contribution in [2.45, 2.75) is 32.2 Å². The van der Waals surface area contributed by atoms with E-state index in [0.29, 0.717) is 11.8 Å². The Labute approximate surface area is 101 Å². The predicted octanol–water partition coefficient (Wildman–Crippen LogP) is 1.20. The quantitative estimate of drug-likeness (QED) is 0.858. The van der Waals surface area contributed by atoms with E-state index in [1.807, 2.05) is 6.92 Å². The van der Waals surface area contributed by atoms with Gasteiger partial charge in [-0.2, -0.15) is 0 Å². The summed E-state index contributed by atoms with van der Waals surface area (Å²) in [4.78, 5) is 13.7. The number of rotatable bonds is 3. The van der Waals surface area contributed by atoms with Gasteiger partial charge in [0.25, 0.3) is 5.91 Å². The summed E-state index contributed by atoms with van der Waals surface area (Å²) in [5.74, 6) is 0.221. The Bertz CT molecular complexity index is 383. The van der Waals surface area contributed by atoms with Gasteiger partial charge in [-0.25, -0.2) is 0 Å². The second-order valence-electron chi connectivity index (χ2n) is 4.67. The van der Waals surface area contributed by atoms with Gasteiger partial charge in [-0.1, -0.05) is 11.6 Å². The number of nitrogens with one attached hydrogen (secondary N) is 1. The molecule has 2 heterocycles. The maximum atomic E-state index is 12.0. The summed E-state index contributed by atoms with van der Waals surface area (Å²) in [6.45, 7) is 3.58. The first-order chi connectivity index (χ1) is 8.16. The number of carbonyl (C=O) groups excluding carboxylic acids is 1. The van der Waals surface area contributed by atoms with Crippen molar-refractivity contribution in [3.63, 3.8) is 0 Å². The highest BCUT2D eigenvalue weighted by atomic mass is 16.5. The molecule has 1 unspecified atom stereocenters. The molecule has 0 radical (unpaired) electrons. The Morgan fingerprint density at radius 2 is 2.47 bits per heavy atom. The maximum Gasteiger partial charge on any atom is 0.292 e. The van der Waals surface area contributed by atoms with Gasteiger partial charge >= 0.3 is 0 Å². The molecule has 1 fully saturated rings. The van der Waals surface area contributed by atoms with Crippen molar-refractivity contribution >= 4 is 5.91 Å². The van der Waals surface area contributed by atoms with Gasteiger partial charge in [0, 0.05) is 25.7 Å². The summed E-state index contributed by atoms with van der Waals surface area (Å²) in [7, 11) is 1.80. The van der Waals surface area contributed by atoms with E-state index >= 15 is 0 Å². The van der Waals surface area contributed by atoms with E-state index in [9.17, 15) is 4.79 Å². The lowest BCUT2D eigenvalue weighted by Crippen LogP contribution is -2.44. The zero-order chi connectivity index (χ0) is 12.3. The summed E-state index contributed by atoms with van der Waals surface area (Å²) in [5.41, 5.74) is 0.734. The Morgan fingerprint density at radius 1 is 1.65 bits per heavy atom. The molecule has 1 aromatic heterocycles. The summed E-state index contributed by atoms with van der Waals surface area (Å²) in [5, 5.41) is 7.15. The van der Waals surface area contributed by atoms with Crippen LogP contribution in [0, 0.1) is 6.92 Å². The highest BCUT2D eigenvalue weighted by Crippen LogP contribution is 2.10. The van der Waals surface area contributed by atoms with Gasteiger partial charge in [0.05, 0.1) is 5.69 Å². The van der Waals surface area contributed by atoms with E-state index in [-0.39, 0.29) is 5.91 Å². The first-order valence-corrected chi connectivity index (χ1v) is 6.09. The molecule has 1 saturated heterocycles. The zero-order valence-corrected chi connectivity index (χ0v) is 10.4. The number of hydrogen-bond donors (Lipinski definition) is 1. The Balaban J connectivity index is 1.90. The lowest BCUT2D eigenvalue weighted by atomic mass is 10.0.